The highest BCUT2D eigenvalue weighted by Crippen LogP contribution is 2.23. The van der Waals surface area contributed by atoms with Crippen LogP contribution < -0.4 is 4.90 Å². The smallest absolute Gasteiger partial charge is 0.277 e. The molecule has 5 heteroatoms. The van der Waals surface area contributed by atoms with E-state index in [4.69, 9.17) is 11.6 Å². The van der Waals surface area contributed by atoms with Gasteiger partial charge in [0.25, 0.3) is 5.91 Å². The molecule has 0 atom stereocenters. The molecule has 0 aliphatic rings. The number of halogens is 1. The van der Waals surface area contributed by atoms with E-state index in [1.165, 1.54) is 0 Å². The summed E-state index contributed by atoms with van der Waals surface area (Å²) >= 11 is 6.19. The lowest BCUT2D eigenvalue weighted by atomic mass is 10.2. The standard InChI is InChI=1S/C14H16ClN3O/c1-4-18-13(12(15)10(2)16-18)14(19)17(3)11-8-6-5-7-9-11/h5-9H,4H2,1-3H3. The maximum Gasteiger partial charge on any atom is 0.277 e. The fourth-order valence-corrected chi connectivity index (χ4v) is 2.14. The second-order valence-electron chi connectivity index (χ2n) is 4.26. The Morgan fingerprint density at radius 1 is 1.37 bits per heavy atom. The molecule has 1 aromatic heterocycles. The molecule has 0 bridgehead atoms. The molecule has 0 unspecified atom stereocenters. The number of anilines is 1. The Bertz CT molecular complexity index is 592. The molecule has 100 valence electrons. The van der Waals surface area contributed by atoms with Crippen LogP contribution in [-0.4, -0.2) is 22.7 Å². The molecule has 0 aliphatic heterocycles. The van der Waals surface area contributed by atoms with Crippen molar-refractivity contribution in [3.8, 4) is 0 Å². The van der Waals surface area contributed by atoms with Gasteiger partial charge in [0.1, 0.15) is 5.69 Å². The Balaban J connectivity index is 2.40. The van der Waals surface area contributed by atoms with E-state index in [9.17, 15) is 4.79 Å². The third-order valence-electron chi connectivity index (χ3n) is 3.00. The maximum absolute atomic E-state index is 12.5. The minimum atomic E-state index is -0.154. The topological polar surface area (TPSA) is 38.1 Å². The Morgan fingerprint density at radius 2 is 2.00 bits per heavy atom. The van der Waals surface area contributed by atoms with Crippen LogP contribution in [0.5, 0.6) is 0 Å². The first-order valence-corrected chi connectivity index (χ1v) is 6.50. The summed E-state index contributed by atoms with van der Waals surface area (Å²) in [5, 5.41) is 4.69. The number of hydrogen-bond donors (Lipinski definition) is 0. The summed E-state index contributed by atoms with van der Waals surface area (Å²) in [6.45, 7) is 4.34. The van der Waals surface area contributed by atoms with Crippen molar-refractivity contribution in [1.82, 2.24) is 9.78 Å². The molecule has 2 rings (SSSR count). The summed E-state index contributed by atoms with van der Waals surface area (Å²) < 4.78 is 1.64. The highest BCUT2D eigenvalue weighted by atomic mass is 35.5. The zero-order valence-corrected chi connectivity index (χ0v) is 12.0. The average Bonchev–Trinajstić information content (AvgIpc) is 2.73. The van der Waals surface area contributed by atoms with Crippen LogP contribution >= 0.6 is 11.6 Å². The molecule has 0 radical (unpaired) electrons. The minimum absolute atomic E-state index is 0.154. The van der Waals surface area contributed by atoms with Gasteiger partial charge in [-0.05, 0) is 26.0 Å². The molecule has 1 amide bonds. The second kappa shape index (κ2) is 5.45. The first-order valence-electron chi connectivity index (χ1n) is 6.12. The lowest BCUT2D eigenvalue weighted by molar-refractivity contribution is 0.0983. The van der Waals surface area contributed by atoms with Crippen LogP contribution in [0.15, 0.2) is 30.3 Å². The summed E-state index contributed by atoms with van der Waals surface area (Å²) in [4.78, 5) is 14.1. The highest BCUT2D eigenvalue weighted by Gasteiger charge is 2.23. The van der Waals surface area contributed by atoms with Crippen molar-refractivity contribution >= 4 is 23.2 Å². The summed E-state index contributed by atoms with van der Waals surface area (Å²) in [6.07, 6.45) is 0. The van der Waals surface area contributed by atoms with E-state index >= 15 is 0 Å². The number of nitrogens with zero attached hydrogens (tertiary/aromatic N) is 3. The number of carbonyl (C=O) groups excluding carboxylic acids is 1. The van der Waals surface area contributed by atoms with Gasteiger partial charge in [-0.3, -0.25) is 9.48 Å². The van der Waals surface area contributed by atoms with E-state index in [-0.39, 0.29) is 5.91 Å². The number of rotatable bonds is 3. The third kappa shape index (κ3) is 2.49. The van der Waals surface area contributed by atoms with E-state index < -0.39 is 0 Å². The van der Waals surface area contributed by atoms with Crippen LogP contribution in [0.25, 0.3) is 0 Å². The Labute approximate surface area is 117 Å². The van der Waals surface area contributed by atoms with Crippen LogP contribution in [-0.2, 0) is 6.54 Å². The molecule has 1 aromatic carbocycles. The number of benzene rings is 1. The quantitative estimate of drug-likeness (QED) is 0.864. The van der Waals surface area contributed by atoms with Crippen LogP contribution in [0.3, 0.4) is 0 Å². The van der Waals surface area contributed by atoms with Crippen molar-refractivity contribution in [2.24, 2.45) is 0 Å². The maximum atomic E-state index is 12.5. The number of hydrogen-bond acceptors (Lipinski definition) is 2. The van der Waals surface area contributed by atoms with Gasteiger partial charge in [0.05, 0.1) is 10.7 Å². The zero-order valence-electron chi connectivity index (χ0n) is 11.2. The van der Waals surface area contributed by atoms with Gasteiger partial charge in [0.15, 0.2) is 0 Å². The molecule has 0 fully saturated rings. The summed E-state index contributed by atoms with van der Waals surface area (Å²) in [7, 11) is 1.73. The lowest BCUT2D eigenvalue weighted by Gasteiger charge is -2.17. The van der Waals surface area contributed by atoms with Gasteiger partial charge in [-0.25, -0.2) is 0 Å². The van der Waals surface area contributed by atoms with Crippen molar-refractivity contribution in [2.45, 2.75) is 20.4 Å². The Kier molecular flexibility index (Phi) is 3.90. The number of amides is 1. The largest absolute Gasteiger partial charge is 0.310 e. The van der Waals surface area contributed by atoms with E-state index in [1.807, 2.05) is 37.3 Å². The average molecular weight is 278 g/mol. The molecule has 2 aromatic rings. The fourth-order valence-electron chi connectivity index (χ4n) is 1.92. The summed E-state index contributed by atoms with van der Waals surface area (Å²) in [5.41, 5.74) is 1.94. The van der Waals surface area contributed by atoms with Crippen LogP contribution in [0.4, 0.5) is 5.69 Å². The molecular weight excluding hydrogens is 262 g/mol. The van der Waals surface area contributed by atoms with Crippen molar-refractivity contribution in [3.05, 3.63) is 46.7 Å². The van der Waals surface area contributed by atoms with Gasteiger partial charge in [-0.2, -0.15) is 5.10 Å². The summed E-state index contributed by atoms with van der Waals surface area (Å²) in [6, 6.07) is 9.46. The van der Waals surface area contributed by atoms with E-state index in [1.54, 1.807) is 23.6 Å². The fraction of sp³-hybridized carbons (Fsp3) is 0.286. The van der Waals surface area contributed by atoms with E-state index in [0.29, 0.717) is 23.0 Å². The van der Waals surface area contributed by atoms with Crippen molar-refractivity contribution < 1.29 is 4.79 Å². The first-order chi connectivity index (χ1) is 9.06. The molecule has 1 heterocycles. The lowest BCUT2D eigenvalue weighted by Crippen LogP contribution is -2.28. The molecule has 0 N–H and O–H groups in total. The monoisotopic (exact) mass is 277 g/mol. The molecule has 0 aliphatic carbocycles. The first kappa shape index (κ1) is 13.6. The van der Waals surface area contributed by atoms with Crippen LogP contribution in [0.2, 0.25) is 5.02 Å². The second-order valence-corrected chi connectivity index (χ2v) is 4.64. The molecule has 4 nitrogen and oxygen atoms in total. The van der Waals surface area contributed by atoms with Gasteiger partial charge >= 0.3 is 0 Å². The highest BCUT2D eigenvalue weighted by molar-refractivity contribution is 6.34. The molecule has 0 saturated carbocycles. The SMILES string of the molecule is CCn1nc(C)c(Cl)c1C(=O)N(C)c1ccccc1. The van der Waals surface area contributed by atoms with Gasteiger partial charge in [0, 0.05) is 19.3 Å². The van der Waals surface area contributed by atoms with E-state index in [0.717, 1.165) is 5.69 Å². The minimum Gasteiger partial charge on any atom is -0.310 e. The molecule has 0 spiro atoms. The predicted octanol–water partition coefficient (Wildman–Crippen LogP) is 3.14. The van der Waals surface area contributed by atoms with Gasteiger partial charge in [0.2, 0.25) is 0 Å². The van der Waals surface area contributed by atoms with Crippen LogP contribution in [0, 0.1) is 6.92 Å². The van der Waals surface area contributed by atoms with Crippen molar-refractivity contribution in [2.75, 3.05) is 11.9 Å². The molecule has 0 saturated heterocycles. The number of aromatic nitrogens is 2. The van der Waals surface area contributed by atoms with Crippen LogP contribution in [0.1, 0.15) is 23.1 Å². The van der Waals surface area contributed by atoms with Gasteiger partial charge in [-0.1, -0.05) is 29.8 Å². The third-order valence-corrected chi connectivity index (χ3v) is 3.46. The van der Waals surface area contributed by atoms with Crippen molar-refractivity contribution in [3.63, 3.8) is 0 Å². The number of aryl methyl sites for hydroxylation is 2. The van der Waals surface area contributed by atoms with Gasteiger partial charge < -0.3 is 4.90 Å². The molecular formula is C14H16ClN3O. The number of carbonyl (C=O) groups is 1. The van der Waals surface area contributed by atoms with E-state index in [2.05, 4.69) is 5.10 Å². The van der Waals surface area contributed by atoms with Crippen molar-refractivity contribution in [1.29, 1.82) is 0 Å². The normalized spacial score (nSPS) is 10.5. The zero-order chi connectivity index (χ0) is 14.0. The van der Waals surface area contributed by atoms with Gasteiger partial charge in [-0.15, -0.1) is 0 Å². The predicted molar refractivity (Wildman–Crippen MR) is 76.8 cm³/mol. The summed E-state index contributed by atoms with van der Waals surface area (Å²) in [5.74, 6) is -0.154. The Hall–Kier alpha value is -1.81. The Morgan fingerprint density at radius 3 is 2.58 bits per heavy atom. The number of para-hydroxylation sites is 1. The molecule has 19 heavy (non-hydrogen) atoms.